The molecule has 4 heteroatoms. The molecule has 2 aromatic rings. The van der Waals surface area contributed by atoms with E-state index in [0.717, 1.165) is 48.0 Å². The first-order valence-electron chi connectivity index (χ1n) is 6.98. The van der Waals surface area contributed by atoms with Crippen molar-refractivity contribution in [3.05, 3.63) is 60.0 Å². The number of thiazole rings is 1. The van der Waals surface area contributed by atoms with E-state index in [2.05, 4.69) is 23.4 Å². The number of aromatic nitrogens is 1. The largest absolute Gasteiger partial charge is 0.398 e. The Morgan fingerprint density at radius 3 is 2.57 bits per heavy atom. The zero-order chi connectivity index (χ0) is 15.1. The highest BCUT2D eigenvalue weighted by Gasteiger charge is 2.08. The van der Waals surface area contributed by atoms with Crippen LogP contribution in [0.5, 0.6) is 0 Å². The van der Waals surface area contributed by atoms with E-state index >= 15 is 0 Å². The molecule has 110 valence electrons. The number of nitrogens with two attached hydrogens (primary N) is 1. The van der Waals surface area contributed by atoms with E-state index in [9.17, 15) is 0 Å². The topological polar surface area (TPSA) is 42.2 Å². The van der Waals surface area contributed by atoms with E-state index in [-0.39, 0.29) is 0 Å². The zero-order valence-electron chi connectivity index (χ0n) is 12.2. The molecule has 0 radical (unpaired) electrons. The molecule has 1 heterocycles. The highest BCUT2D eigenvalue weighted by molar-refractivity contribution is 7.09. The van der Waals surface area contributed by atoms with Gasteiger partial charge in [-0.1, -0.05) is 30.4 Å². The molecular formula is C17H21N3S. The highest BCUT2D eigenvalue weighted by Crippen LogP contribution is 2.26. The van der Waals surface area contributed by atoms with E-state index in [4.69, 9.17) is 10.7 Å². The molecule has 0 saturated carbocycles. The maximum Gasteiger partial charge on any atom is 0.0945 e. The molecule has 21 heavy (non-hydrogen) atoms. The smallest absolute Gasteiger partial charge is 0.0945 e. The van der Waals surface area contributed by atoms with Crippen molar-refractivity contribution in [1.82, 2.24) is 9.88 Å². The fraction of sp³-hybridized carbons (Fsp3) is 0.235. The van der Waals surface area contributed by atoms with E-state index < -0.39 is 0 Å². The van der Waals surface area contributed by atoms with Gasteiger partial charge in [-0.3, -0.25) is 4.90 Å². The number of anilines is 1. The van der Waals surface area contributed by atoms with Gasteiger partial charge in [0.25, 0.3) is 0 Å². The molecular weight excluding hydrogens is 278 g/mol. The van der Waals surface area contributed by atoms with Crippen molar-refractivity contribution in [3.8, 4) is 11.3 Å². The summed E-state index contributed by atoms with van der Waals surface area (Å²) >= 11 is 1.69. The summed E-state index contributed by atoms with van der Waals surface area (Å²) in [5.74, 6) is 0. The fourth-order valence-electron chi connectivity index (χ4n) is 2.16. The van der Waals surface area contributed by atoms with Crippen molar-refractivity contribution in [2.45, 2.75) is 6.42 Å². The van der Waals surface area contributed by atoms with Crippen LogP contribution in [0, 0.1) is 0 Å². The third kappa shape index (κ3) is 4.28. The minimum Gasteiger partial charge on any atom is -0.398 e. The Morgan fingerprint density at radius 1 is 1.19 bits per heavy atom. The molecule has 0 fully saturated rings. The van der Waals surface area contributed by atoms with Crippen LogP contribution in [0.4, 0.5) is 5.69 Å². The summed E-state index contributed by atoms with van der Waals surface area (Å²) in [6, 6.07) is 7.84. The summed E-state index contributed by atoms with van der Waals surface area (Å²) in [4.78, 5) is 6.98. The Bertz CT molecular complexity index is 594. The van der Waals surface area contributed by atoms with Gasteiger partial charge in [0.2, 0.25) is 0 Å². The third-order valence-electron chi connectivity index (χ3n) is 3.20. The molecule has 0 aliphatic rings. The first-order valence-corrected chi connectivity index (χ1v) is 7.86. The van der Waals surface area contributed by atoms with Crippen molar-refractivity contribution in [2.24, 2.45) is 0 Å². The van der Waals surface area contributed by atoms with Crippen LogP contribution in [0.25, 0.3) is 11.3 Å². The van der Waals surface area contributed by atoms with Crippen molar-refractivity contribution in [3.63, 3.8) is 0 Å². The lowest BCUT2D eigenvalue weighted by Gasteiger charge is -2.17. The van der Waals surface area contributed by atoms with Crippen LogP contribution in [0.2, 0.25) is 0 Å². The molecule has 0 atom stereocenters. The van der Waals surface area contributed by atoms with Crippen LogP contribution in [0.3, 0.4) is 0 Å². The van der Waals surface area contributed by atoms with E-state index in [1.807, 2.05) is 36.4 Å². The Morgan fingerprint density at radius 2 is 1.90 bits per heavy atom. The second-order valence-corrected chi connectivity index (χ2v) is 5.74. The second-order valence-electron chi connectivity index (χ2n) is 4.80. The van der Waals surface area contributed by atoms with E-state index in [1.165, 1.54) is 0 Å². The third-order valence-corrected chi connectivity index (χ3v) is 4.11. The summed E-state index contributed by atoms with van der Waals surface area (Å²) < 4.78 is 0. The molecule has 3 nitrogen and oxygen atoms in total. The minimum absolute atomic E-state index is 0.772. The minimum atomic E-state index is 0.772. The van der Waals surface area contributed by atoms with Gasteiger partial charge < -0.3 is 5.73 Å². The summed E-state index contributed by atoms with van der Waals surface area (Å²) in [5, 5.41) is 3.21. The number of para-hydroxylation sites is 1. The predicted octanol–water partition coefficient (Wildman–Crippen LogP) is 3.61. The quantitative estimate of drug-likeness (QED) is 0.598. The standard InChI is InChI=1S/C17H21N3S/c1-3-10-20(11-4-2)12-9-17-19-16(13-21-17)14-7-5-6-8-15(14)18/h3-8,13H,1-2,9-12,18H2. The van der Waals surface area contributed by atoms with Crippen molar-refractivity contribution in [1.29, 1.82) is 0 Å². The normalized spacial score (nSPS) is 10.7. The van der Waals surface area contributed by atoms with Gasteiger partial charge in [0, 0.05) is 42.7 Å². The van der Waals surface area contributed by atoms with Gasteiger partial charge in [-0.25, -0.2) is 4.98 Å². The predicted molar refractivity (Wildman–Crippen MR) is 92.5 cm³/mol. The lowest BCUT2D eigenvalue weighted by Crippen LogP contribution is -2.26. The summed E-state index contributed by atoms with van der Waals surface area (Å²) in [5.41, 5.74) is 8.74. The van der Waals surface area contributed by atoms with Crippen LogP contribution in [0.15, 0.2) is 55.0 Å². The molecule has 2 rings (SSSR count). The molecule has 1 aromatic carbocycles. The number of nitrogen functional groups attached to an aromatic ring is 1. The van der Waals surface area contributed by atoms with Crippen LogP contribution in [-0.4, -0.2) is 29.5 Å². The molecule has 0 aliphatic heterocycles. The Kier molecular flexibility index (Phi) is 5.72. The molecule has 0 saturated heterocycles. The summed E-state index contributed by atoms with van der Waals surface area (Å²) in [7, 11) is 0. The monoisotopic (exact) mass is 299 g/mol. The Labute approximate surface area is 130 Å². The van der Waals surface area contributed by atoms with Crippen LogP contribution in [0.1, 0.15) is 5.01 Å². The maximum absolute atomic E-state index is 6.00. The van der Waals surface area contributed by atoms with Gasteiger partial charge in [0.05, 0.1) is 10.7 Å². The van der Waals surface area contributed by atoms with Gasteiger partial charge in [0.1, 0.15) is 0 Å². The number of benzene rings is 1. The number of rotatable bonds is 8. The van der Waals surface area contributed by atoms with Crippen LogP contribution in [-0.2, 0) is 6.42 Å². The Hall–Kier alpha value is -1.91. The SMILES string of the molecule is C=CCN(CC=C)CCc1nc(-c2ccccc2N)cs1. The molecule has 0 aliphatic carbocycles. The molecule has 0 bridgehead atoms. The zero-order valence-corrected chi connectivity index (χ0v) is 13.0. The van der Waals surface area contributed by atoms with E-state index in [1.54, 1.807) is 11.3 Å². The lowest BCUT2D eigenvalue weighted by molar-refractivity contribution is 0.339. The van der Waals surface area contributed by atoms with Crippen molar-refractivity contribution < 1.29 is 0 Å². The highest BCUT2D eigenvalue weighted by atomic mass is 32.1. The second kappa shape index (κ2) is 7.76. The molecule has 1 aromatic heterocycles. The van der Waals surface area contributed by atoms with Gasteiger partial charge in [-0.15, -0.1) is 24.5 Å². The van der Waals surface area contributed by atoms with Gasteiger partial charge in [-0.2, -0.15) is 0 Å². The van der Waals surface area contributed by atoms with Crippen molar-refractivity contribution in [2.75, 3.05) is 25.4 Å². The first kappa shape index (κ1) is 15.5. The van der Waals surface area contributed by atoms with E-state index in [0.29, 0.717) is 0 Å². The Balaban J connectivity index is 2.02. The van der Waals surface area contributed by atoms with Crippen LogP contribution < -0.4 is 5.73 Å². The molecule has 0 unspecified atom stereocenters. The summed E-state index contributed by atoms with van der Waals surface area (Å²) in [6.45, 7) is 10.3. The van der Waals surface area contributed by atoms with Crippen LogP contribution >= 0.6 is 11.3 Å². The average Bonchev–Trinajstić information content (AvgIpc) is 2.94. The first-order chi connectivity index (χ1) is 10.2. The lowest BCUT2D eigenvalue weighted by atomic mass is 10.1. The summed E-state index contributed by atoms with van der Waals surface area (Å²) in [6.07, 6.45) is 4.77. The average molecular weight is 299 g/mol. The molecule has 0 spiro atoms. The van der Waals surface area contributed by atoms with Gasteiger partial charge >= 0.3 is 0 Å². The molecule has 2 N–H and O–H groups in total. The number of nitrogens with zero attached hydrogens (tertiary/aromatic N) is 2. The number of hydrogen-bond donors (Lipinski definition) is 1. The van der Waals surface area contributed by atoms with Gasteiger partial charge in [0.15, 0.2) is 0 Å². The van der Waals surface area contributed by atoms with Crippen molar-refractivity contribution >= 4 is 17.0 Å². The fourth-order valence-corrected chi connectivity index (χ4v) is 2.94. The van der Waals surface area contributed by atoms with Gasteiger partial charge in [-0.05, 0) is 6.07 Å². The number of hydrogen-bond acceptors (Lipinski definition) is 4. The maximum atomic E-state index is 6.00. The molecule has 0 amide bonds.